The zero-order chi connectivity index (χ0) is 11.2. The summed E-state index contributed by atoms with van der Waals surface area (Å²) in [7, 11) is 0. The molecular formula is C8H5ClF3N3. The summed E-state index contributed by atoms with van der Waals surface area (Å²) in [5.74, 6) is -1.06. The molecule has 0 aromatic carbocycles. The average Bonchev–Trinajstić information content (AvgIpc) is 2.47. The molecule has 0 bridgehead atoms. The normalized spacial score (nSPS) is 12.3. The Balaban J connectivity index is 2.66. The number of hydrogen-bond acceptors (Lipinski definition) is 2. The van der Waals surface area contributed by atoms with Gasteiger partial charge in [0.15, 0.2) is 5.65 Å². The fraction of sp³-hybridized carbons (Fsp3) is 0.250. The second kappa shape index (κ2) is 3.10. The zero-order valence-electron chi connectivity index (χ0n) is 7.48. The van der Waals surface area contributed by atoms with Gasteiger partial charge in [0.2, 0.25) is 5.82 Å². The molecule has 0 fully saturated rings. The van der Waals surface area contributed by atoms with Crippen LogP contribution in [0.15, 0.2) is 6.07 Å². The number of fused-ring (bicyclic) bond motifs is 1. The van der Waals surface area contributed by atoms with E-state index >= 15 is 0 Å². The van der Waals surface area contributed by atoms with Gasteiger partial charge in [-0.25, -0.2) is 9.97 Å². The van der Waals surface area contributed by atoms with E-state index in [2.05, 4.69) is 15.0 Å². The first-order chi connectivity index (χ1) is 6.88. The molecule has 0 spiro atoms. The Morgan fingerprint density at radius 3 is 2.60 bits per heavy atom. The summed E-state index contributed by atoms with van der Waals surface area (Å²) in [4.78, 5) is 9.29. The molecule has 0 saturated heterocycles. The highest BCUT2D eigenvalue weighted by atomic mass is 35.5. The molecule has 0 aliphatic rings. The molecule has 3 nitrogen and oxygen atoms in total. The van der Waals surface area contributed by atoms with Gasteiger partial charge in [-0.3, -0.25) is 0 Å². The van der Waals surface area contributed by atoms with Crippen LogP contribution in [-0.4, -0.2) is 15.0 Å². The van der Waals surface area contributed by atoms with Gasteiger partial charge in [0.1, 0.15) is 0 Å². The molecule has 2 aromatic heterocycles. The van der Waals surface area contributed by atoms with Gasteiger partial charge in [0, 0.05) is 0 Å². The van der Waals surface area contributed by atoms with E-state index in [1.807, 2.05) is 0 Å². The van der Waals surface area contributed by atoms with Gasteiger partial charge in [0.25, 0.3) is 0 Å². The van der Waals surface area contributed by atoms with Crippen LogP contribution in [-0.2, 0) is 6.18 Å². The molecule has 0 atom stereocenters. The molecular weight excluding hydrogens is 231 g/mol. The van der Waals surface area contributed by atoms with Gasteiger partial charge < -0.3 is 4.98 Å². The smallest absolute Gasteiger partial charge is 0.333 e. The molecule has 15 heavy (non-hydrogen) atoms. The lowest BCUT2D eigenvalue weighted by atomic mass is 10.3. The van der Waals surface area contributed by atoms with Crippen LogP contribution >= 0.6 is 11.6 Å². The molecule has 0 unspecified atom stereocenters. The van der Waals surface area contributed by atoms with Crippen molar-refractivity contribution in [1.29, 1.82) is 0 Å². The molecule has 0 amide bonds. The number of imidazole rings is 1. The fourth-order valence-electron chi connectivity index (χ4n) is 1.14. The molecule has 2 heterocycles. The summed E-state index contributed by atoms with van der Waals surface area (Å²) in [6.45, 7) is 1.60. The van der Waals surface area contributed by atoms with Crippen molar-refractivity contribution in [2.45, 2.75) is 13.1 Å². The number of hydrogen-bond donors (Lipinski definition) is 1. The molecule has 0 saturated carbocycles. The van der Waals surface area contributed by atoms with Crippen LogP contribution in [0.1, 0.15) is 11.5 Å². The second-order valence-corrected chi connectivity index (χ2v) is 3.42. The monoisotopic (exact) mass is 235 g/mol. The SMILES string of the molecule is Cc1nc2nc(C(F)(F)F)[nH]c2cc1Cl. The Labute approximate surface area is 87.3 Å². The topological polar surface area (TPSA) is 41.6 Å². The van der Waals surface area contributed by atoms with Crippen LogP contribution in [0.5, 0.6) is 0 Å². The minimum atomic E-state index is -4.50. The lowest BCUT2D eigenvalue weighted by Gasteiger charge is -1.98. The quantitative estimate of drug-likeness (QED) is 0.763. The Morgan fingerprint density at radius 1 is 1.33 bits per heavy atom. The van der Waals surface area contributed by atoms with Crippen LogP contribution < -0.4 is 0 Å². The minimum Gasteiger partial charge on any atom is -0.333 e. The predicted octanol–water partition coefficient (Wildman–Crippen LogP) is 2.94. The van der Waals surface area contributed by atoms with E-state index in [-0.39, 0.29) is 11.2 Å². The standard InChI is InChI=1S/C8H5ClF3N3/c1-3-4(9)2-5-6(13-3)15-7(14-5)8(10,11)12/h2H,1H3,(H,13,14,15). The van der Waals surface area contributed by atoms with Crippen molar-refractivity contribution < 1.29 is 13.2 Å². The molecule has 0 radical (unpaired) electrons. The lowest BCUT2D eigenvalue weighted by Crippen LogP contribution is -2.06. The first kappa shape index (κ1) is 10.2. The van der Waals surface area contributed by atoms with Crippen molar-refractivity contribution in [3.8, 4) is 0 Å². The van der Waals surface area contributed by atoms with E-state index in [9.17, 15) is 13.2 Å². The number of aromatic nitrogens is 3. The van der Waals surface area contributed by atoms with Crippen LogP contribution in [0.25, 0.3) is 11.2 Å². The molecule has 2 aromatic rings. The van der Waals surface area contributed by atoms with Crippen molar-refractivity contribution in [3.05, 3.63) is 22.6 Å². The molecule has 0 aliphatic carbocycles. The highest BCUT2D eigenvalue weighted by Crippen LogP contribution is 2.29. The molecule has 80 valence electrons. The third-order valence-corrected chi connectivity index (χ3v) is 2.25. The number of nitrogens with zero attached hydrogens (tertiary/aromatic N) is 2. The first-order valence-electron chi connectivity index (χ1n) is 3.98. The van der Waals surface area contributed by atoms with Crippen molar-refractivity contribution in [1.82, 2.24) is 15.0 Å². The van der Waals surface area contributed by atoms with Gasteiger partial charge in [-0.15, -0.1) is 0 Å². The summed E-state index contributed by atoms with van der Waals surface area (Å²) in [6.07, 6.45) is -4.50. The summed E-state index contributed by atoms with van der Waals surface area (Å²) < 4.78 is 36.8. The van der Waals surface area contributed by atoms with Crippen LogP contribution in [0.2, 0.25) is 5.02 Å². The molecule has 1 N–H and O–H groups in total. The summed E-state index contributed by atoms with van der Waals surface area (Å²) in [5.41, 5.74) is 0.645. The van der Waals surface area contributed by atoms with Crippen molar-refractivity contribution in [2.24, 2.45) is 0 Å². The lowest BCUT2D eigenvalue weighted by molar-refractivity contribution is -0.144. The third kappa shape index (κ3) is 1.77. The summed E-state index contributed by atoms with van der Waals surface area (Å²) >= 11 is 5.72. The zero-order valence-corrected chi connectivity index (χ0v) is 8.24. The van der Waals surface area contributed by atoms with E-state index in [1.54, 1.807) is 6.92 Å². The molecule has 2 rings (SSSR count). The maximum atomic E-state index is 12.3. The number of rotatable bonds is 0. The Hall–Kier alpha value is -1.30. The van der Waals surface area contributed by atoms with E-state index in [0.717, 1.165) is 0 Å². The number of H-pyrrole nitrogens is 1. The van der Waals surface area contributed by atoms with Gasteiger partial charge in [-0.05, 0) is 13.0 Å². The Morgan fingerprint density at radius 2 is 2.00 bits per heavy atom. The van der Waals surface area contributed by atoms with Crippen molar-refractivity contribution >= 4 is 22.8 Å². The number of nitrogens with one attached hydrogen (secondary N) is 1. The number of halogens is 4. The second-order valence-electron chi connectivity index (χ2n) is 3.01. The van der Waals surface area contributed by atoms with Crippen LogP contribution in [0.3, 0.4) is 0 Å². The minimum absolute atomic E-state index is 0.0178. The maximum Gasteiger partial charge on any atom is 0.449 e. The largest absolute Gasteiger partial charge is 0.449 e. The Bertz CT molecular complexity index is 479. The number of pyridine rings is 1. The molecule has 7 heteroatoms. The van der Waals surface area contributed by atoms with Crippen LogP contribution in [0, 0.1) is 6.92 Å². The highest BCUT2D eigenvalue weighted by Gasteiger charge is 2.35. The highest BCUT2D eigenvalue weighted by molar-refractivity contribution is 6.31. The van der Waals surface area contributed by atoms with E-state index < -0.39 is 12.0 Å². The van der Waals surface area contributed by atoms with E-state index in [0.29, 0.717) is 10.7 Å². The van der Waals surface area contributed by atoms with Gasteiger partial charge in [-0.1, -0.05) is 11.6 Å². The van der Waals surface area contributed by atoms with Gasteiger partial charge >= 0.3 is 6.18 Å². The fourth-order valence-corrected chi connectivity index (χ4v) is 1.29. The summed E-state index contributed by atoms with van der Waals surface area (Å²) in [6, 6.07) is 1.38. The number of aromatic amines is 1. The number of alkyl halides is 3. The van der Waals surface area contributed by atoms with Crippen molar-refractivity contribution in [2.75, 3.05) is 0 Å². The van der Waals surface area contributed by atoms with E-state index in [4.69, 9.17) is 11.6 Å². The first-order valence-corrected chi connectivity index (χ1v) is 4.36. The average molecular weight is 236 g/mol. The van der Waals surface area contributed by atoms with Crippen LogP contribution in [0.4, 0.5) is 13.2 Å². The van der Waals surface area contributed by atoms with Gasteiger partial charge in [0.05, 0.1) is 16.2 Å². The molecule has 0 aliphatic heterocycles. The predicted molar refractivity (Wildman–Crippen MR) is 48.6 cm³/mol. The Kier molecular flexibility index (Phi) is 2.11. The maximum absolute atomic E-state index is 12.3. The third-order valence-electron chi connectivity index (χ3n) is 1.87. The number of aryl methyl sites for hydroxylation is 1. The van der Waals surface area contributed by atoms with E-state index in [1.165, 1.54) is 6.07 Å². The van der Waals surface area contributed by atoms with Crippen molar-refractivity contribution in [3.63, 3.8) is 0 Å². The summed E-state index contributed by atoms with van der Waals surface area (Å²) in [5, 5.41) is 0.305. The van der Waals surface area contributed by atoms with Gasteiger partial charge in [-0.2, -0.15) is 13.2 Å².